The molecule has 33 heavy (non-hydrogen) atoms. The molecule has 0 saturated heterocycles. The van der Waals surface area contributed by atoms with Gasteiger partial charge in [0.2, 0.25) is 0 Å². The Hall–Kier alpha value is -4.58. The largest absolute Gasteiger partial charge is 0.493 e. The van der Waals surface area contributed by atoms with E-state index in [1.54, 1.807) is 25.6 Å². The molecule has 6 heteroatoms. The van der Waals surface area contributed by atoms with E-state index in [2.05, 4.69) is 9.97 Å². The number of methoxy groups -OCH3 is 1. The third kappa shape index (κ3) is 4.27. The normalized spacial score (nSPS) is 10.6. The van der Waals surface area contributed by atoms with Crippen LogP contribution < -0.4 is 9.47 Å². The first-order valence-corrected chi connectivity index (χ1v) is 10.4. The summed E-state index contributed by atoms with van der Waals surface area (Å²) >= 11 is 0. The third-order valence-corrected chi connectivity index (χ3v) is 5.01. The van der Waals surface area contributed by atoms with Crippen molar-refractivity contribution in [1.29, 1.82) is 0 Å². The molecule has 0 spiro atoms. The SMILES string of the molecule is COc1ccccc1Oc1c(-c2ccccc2)nc(-c2ncccn2)nc1-c1ccccc1. The van der Waals surface area contributed by atoms with Crippen LogP contribution in [0, 0.1) is 0 Å². The lowest BCUT2D eigenvalue weighted by Gasteiger charge is -2.17. The van der Waals surface area contributed by atoms with Crippen LogP contribution in [0.5, 0.6) is 17.2 Å². The van der Waals surface area contributed by atoms with Crippen molar-refractivity contribution in [3.8, 4) is 51.4 Å². The van der Waals surface area contributed by atoms with Gasteiger partial charge in [-0.2, -0.15) is 0 Å². The van der Waals surface area contributed by atoms with Crippen LogP contribution in [0.3, 0.4) is 0 Å². The van der Waals surface area contributed by atoms with Crippen molar-refractivity contribution in [3.05, 3.63) is 103 Å². The summed E-state index contributed by atoms with van der Waals surface area (Å²) in [6.07, 6.45) is 3.35. The second kappa shape index (κ2) is 9.28. The van der Waals surface area contributed by atoms with Gasteiger partial charge in [-0.05, 0) is 18.2 Å². The number of ether oxygens (including phenoxy) is 2. The number of benzene rings is 3. The van der Waals surface area contributed by atoms with Crippen molar-refractivity contribution in [3.63, 3.8) is 0 Å². The maximum atomic E-state index is 6.47. The number of hydrogen-bond donors (Lipinski definition) is 0. The van der Waals surface area contributed by atoms with Crippen LogP contribution in [0.2, 0.25) is 0 Å². The second-order valence-corrected chi connectivity index (χ2v) is 7.13. The molecule has 2 heterocycles. The van der Waals surface area contributed by atoms with E-state index in [1.807, 2.05) is 84.9 Å². The average Bonchev–Trinajstić information content (AvgIpc) is 2.90. The fraction of sp³-hybridized carbons (Fsp3) is 0.0370. The fourth-order valence-electron chi connectivity index (χ4n) is 3.46. The molecule has 3 aromatic carbocycles. The van der Waals surface area contributed by atoms with Crippen LogP contribution in [0.25, 0.3) is 34.2 Å². The summed E-state index contributed by atoms with van der Waals surface area (Å²) in [5.74, 6) is 2.57. The predicted molar refractivity (Wildman–Crippen MR) is 127 cm³/mol. The minimum atomic E-state index is 0.417. The summed E-state index contributed by atoms with van der Waals surface area (Å²) in [6.45, 7) is 0. The van der Waals surface area contributed by atoms with Crippen molar-refractivity contribution in [2.75, 3.05) is 7.11 Å². The number of nitrogens with zero attached hydrogens (tertiary/aromatic N) is 4. The Balaban J connectivity index is 1.80. The van der Waals surface area contributed by atoms with E-state index in [-0.39, 0.29) is 0 Å². The summed E-state index contributed by atoms with van der Waals surface area (Å²) < 4.78 is 12.0. The molecule has 2 aromatic heterocycles. The number of aromatic nitrogens is 4. The van der Waals surface area contributed by atoms with Gasteiger partial charge in [-0.15, -0.1) is 0 Å². The van der Waals surface area contributed by atoms with Crippen LogP contribution >= 0.6 is 0 Å². The van der Waals surface area contributed by atoms with E-state index >= 15 is 0 Å². The molecular formula is C27H20N4O2. The highest BCUT2D eigenvalue weighted by Gasteiger charge is 2.22. The highest BCUT2D eigenvalue weighted by molar-refractivity contribution is 5.80. The minimum absolute atomic E-state index is 0.417. The van der Waals surface area contributed by atoms with Gasteiger partial charge in [-0.3, -0.25) is 0 Å². The molecule has 0 N–H and O–H groups in total. The lowest BCUT2D eigenvalue weighted by atomic mass is 10.1. The van der Waals surface area contributed by atoms with Crippen molar-refractivity contribution in [1.82, 2.24) is 19.9 Å². The standard InChI is InChI=1S/C27H20N4O2/c1-32-21-15-8-9-16-22(21)33-25-23(19-11-4-2-5-12-19)30-27(26-28-17-10-18-29-26)31-24(25)20-13-6-3-7-14-20/h2-18H,1H3. The van der Waals surface area contributed by atoms with E-state index in [1.165, 1.54) is 0 Å². The molecule has 0 unspecified atom stereocenters. The molecule has 0 bridgehead atoms. The van der Waals surface area contributed by atoms with Crippen LogP contribution in [-0.4, -0.2) is 27.0 Å². The molecule has 0 aliphatic rings. The lowest BCUT2D eigenvalue weighted by molar-refractivity contribution is 0.379. The molecular weight excluding hydrogens is 412 g/mol. The van der Waals surface area contributed by atoms with Gasteiger partial charge in [0, 0.05) is 23.5 Å². The van der Waals surface area contributed by atoms with Gasteiger partial charge in [0.25, 0.3) is 0 Å². The van der Waals surface area contributed by atoms with Crippen LogP contribution in [0.1, 0.15) is 0 Å². The Morgan fingerprint density at radius 2 is 1.06 bits per heavy atom. The van der Waals surface area contributed by atoms with Crippen LogP contribution in [-0.2, 0) is 0 Å². The van der Waals surface area contributed by atoms with Gasteiger partial charge in [0.05, 0.1) is 7.11 Å². The summed E-state index contributed by atoms with van der Waals surface area (Å²) in [7, 11) is 1.62. The highest BCUT2D eigenvalue weighted by atomic mass is 16.5. The first-order chi connectivity index (χ1) is 16.3. The zero-order valence-corrected chi connectivity index (χ0v) is 17.9. The highest BCUT2D eigenvalue weighted by Crippen LogP contribution is 2.42. The van der Waals surface area contributed by atoms with Crippen LogP contribution in [0.4, 0.5) is 0 Å². The summed E-state index contributed by atoms with van der Waals surface area (Å²) in [5, 5.41) is 0. The first kappa shape index (κ1) is 20.3. The van der Waals surface area contributed by atoms with Gasteiger partial charge in [-0.1, -0.05) is 72.8 Å². The molecule has 0 saturated carbocycles. The van der Waals surface area contributed by atoms with Gasteiger partial charge in [0.1, 0.15) is 11.4 Å². The zero-order valence-electron chi connectivity index (χ0n) is 17.9. The molecule has 0 fully saturated rings. The Labute approximate surface area is 191 Å². The average molecular weight is 432 g/mol. The monoisotopic (exact) mass is 432 g/mol. The second-order valence-electron chi connectivity index (χ2n) is 7.13. The molecule has 160 valence electrons. The Bertz CT molecular complexity index is 1300. The predicted octanol–water partition coefficient (Wildman–Crippen LogP) is 6.07. The van der Waals surface area contributed by atoms with Crippen molar-refractivity contribution >= 4 is 0 Å². The van der Waals surface area contributed by atoms with Gasteiger partial charge < -0.3 is 9.47 Å². The molecule has 6 nitrogen and oxygen atoms in total. The first-order valence-electron chi connectivity index (χ1n) is 10.4. The lowest BCUT2D eigenvalue weighted by Crippen LogP contribution is -2.03. The maximum Gasteiger partial charge on any atom is 0.199 e. The van der Waals surface area contributed by atoms with E-state index in [0.717, 1.165) is 11.1 Å². The summed E-state index contributed by atoms with van der Waals surface area (Å²) in [5.41, 5.74) is 3.05. The van der Waals surface area contributed by atoms with Gasteiger partial charge in [-0.25, -0.2) is 19.9 Å². The molecule has 0 atom stereocenters. The zero-order chi connectivity index (χ0) is 22.5. The molecule has 0 aliphatic carbocycles. The van der Waals surface area contributed by atoms with Crippen molar-refractivity contribution < 1.29 is 9.47 Å². The smallest absolute Gasteiger partial charge is 0.199 e. The fourth-order valence-corrected chi connectivity index (χ4v) is 3.46. The molecule has 0 radical (unpaired) electrons. The Morgan fingerprint density at radius 3 is 1.61 bits per heavy atom. The van der Waals surface area contributed by atoms with Gasteiger partial charge >= 0.3 is 0 Å². The minimum Gasteiger partial charge on any atom is -0.493 e. The quantitative estimate of drug-likeness (QED) is 0.324. The van der Waals surface area contributed by atoms with E-state index < -0.39 is 0 Å². The van der Waals surface area contributed by atoms with Crippen LogP contribution in [0.15, 0.2) is 103 Å². The van der Waals surface area contributed by atoms with E-state index in [0.29, 0.717) is 40.3 Å². The number of para-hydroxylation sites is 2. The van der Waals surface area contributed by atoms with Crippen molar-refractivity contribution in [2.24, 2.45) is 0 Å². The Morgan fingerprint density at radius 1 is 0.545 bits per heavy atom. The van der Waals surface area contributed by atoms with E-state index in [4.69, 9.17) is 19.4 Å². The van der Waals surface area contributed by atoms with Crippen molar-refractivity contribution in [2.45, 2.75) is 0 Å². The number of rotatable bonds is 6. The maximum absolute atomic E-state index is 6.47. The Kier molecular flexibility index (Phi) is 5.72. The molecule has 0 amide bonds. The number of hydrogen-bond acceptors (Lipinski definition) is 6. The van der Waals surface area contributed by atoms with E-state index in [9.17, 15) is 0 Å². The summed E-state index contributed by atoms with van der Waals surface area (Å²) in [6, 6.07) is 29.0. The molecule has 0 aliphatic heterocycles. The summed E-state index contributed by atoms with van der Waals surface area (Å²) in [4.78, 5) is 18.4. The molecule has 5 aromatic rings. The third-order valence-electron chi connectivity index (χ3n) is 5.01. The topological polar surface area (TPSA) is 70.0 Å². The van der Waals surface area contributed by atoms with Gasteiger partial charge in [0.15, 0.2) is 28.9 Å². The molecule has 5 rings (SSSR count).